The zero-order valence-corrected chi connectivity index (χ0v) is 11.8. The Kier molecular flexibility index (Phi) is 4.47. The molecule has 0 bridgehead atoms. The van der Waals surface area contributed by atoms with E-state index in [0.29, 0.717) is 28.0 Å². The van der Waals surface area contributed by atoms with Gasteiger partial charge in [-0.15, -0.1) is 0 Å². The van der Waals surface area contributed by atoms with E-state index in [4.69, 9.17) is 20.9 Å². The number of carbonyl (C=O) groups excluding carboxylic acids is 1. The molecular formula is C13H14ClN3O3. The van der Waals surface area contributed by atoms with Crippen LogP contribution in [0.5, 0.6) is 5.75 Å². The smallest absolute Gasteiger partial charge is 0.243 e. The van der Waals surface area contributed by atoms with Crippen molar-refractivity contribution in [2.45, 2.75) is 6.92 Å². The molecule has 0 aliphatic carbocycles. The number of hydrogen-bond donors (Lipinski definition) is 2. The Balaban J connectivity index is 1.96. The maximum Gasteiger partial charge on any atom is 0.243 e. The summed E-state index contributed by atoms with van der Waals surface area (Å²) in [4.78, 5) is 11.8. The van der Waals surface area contributed by atoms with E-state index in [1.807, 2.05) is 0 Å². The number of hydrogen-bond acceptors (Lipinski definition) is 5. The van der Waals surface area contributed by atoms with Gasteiger partial charge < -0.3 is 19.9 Å². The molecule has 2 aromatic rings. The van der Waals surface area contributed by atoms with Crippen molar-refractivity contribution in [1.82, 2.24) is 5.16 Å². The van der Waals surface area contributed by atoms with E-state index in [1.54, 1.807) is 31.2 Å². The first-order chi connectivity index (χ1) is 9.58. The Bertz CT molecular complexity index is 613. The van der Waals surface area contributed by atoms with E-state index in [0.717, 1.165) is 0 Å². The van der Waals surface area contributed by atoms with Gasteiger partial charge in [0.05, 0.1) is 19.3 Å². The van der Waals surface area contributed by atoms with Crippen LogP contribution in [0.3, 0.4) is 0 Å². The fourth-order valence-electron chi connectivity index (χ4n) is 1.59. The third-order valence-corrected chi connectivity index (χ3v) is 2.73. The third kappa shape index (κ3) is 3.64. The number of nitrogens with zero attached hydrogens (tertiary/aromatic N) is 1. The van der Waals surface area contributed by atoms with Gasteiger partial charge in [0.2, 0.25) is 5.91 Å². The van der Waals surface area contributed by atoms with Crippen LogP contribution in [0.4, 0.5) is 11.5 Å². The number of methoxy groups -OCH3 is 1. The molecule has 7 heteroatoms. The molecule has 1 aromatic carbocycles. The minimum Gasteiger partial charge on any atom is -0.495 e. The number of aryl methyl sites for hydroxylation is 1. The first-order valence-electron chi connectivity index (χ1n) is 5.89. The zero-order chi connectivity index (χ0) is 14.5. The van der Waals surface area contributed by atoms with Crippen LogP contribution in [-0.2, 0) is 4.79 Å². The van der Waals surface area contributed by atoms with E-state index < -0.39 is 0 Å². The molecule has 0 saturated carbocycles. The molecule has 0 fully saturated rings. The van der Waals surface area contributed by atoms with Crippen molar-refractivity contribution in [3.63, 3.8) is 0 Å². The lowest BCUT2D eigenvalue weighted by Crippen LogP contribution is -2.22. The predicted octanol–water partition coefficient (Wildman–Crippen LogP) is 2.70. The molecule has 0 saturated heterocycles. The highest BCUT2D eigenvalue weighted by atomic mass is 35.5. The summed E-state index contributed by atoms with van der Waals surface area (Å²) in [5.41, 5.74) is 0.517. The van der Waals surface area contributed by atoms with Gasteiger partial charge in [0.1, 0.15) is 11.5 Å². The first-order valence-corrected chi connectivity index (χ1v) is 6.27. The second kappa shape index (κ2) is 6.29. The summed E-state index contributed by atoms with van der Waals surface area (Å²) in [5.74, 6) is 1.48. The van der Waals surface area contributed by atoms with Crippen molar-refractivity contribution in [2.24, 2.45) is 0 Å². The predicted molar refractivity (Wildman–Crippen MR) is 76.4 cm³/mol. The van der Waals surface area contributed by atoms with Gasteiger partial charge in [0, 0.05) is 11.1 Å². The minimum atomic E-state index is -0.244. The van der Waals surface area contributed by atoms with Crippen LogP contribution >= 0.6 is 11.6 Å². The molecule has 0 radical (unpaired) electrons. The Morgan fingerprint density at radius 1 is 1.45 bits per heavy atom. The van der Waals surface area contributed by atoms with Crippen molar-refractivity contribution in [2.75, 3.05) is 24.3 Å². The van der Waals surface area contributed by atoms with E-state index in [9.17, 15) is 4.79 Å². The number of nitrogens with one attached hydrogen (secondary N) is 2. The Hall–Kier alpha value is -2.21. The average Bonchev–Trinajstić information content (AvgIpc) is 2.83. The van der Waals surface area contributed by atoms with E-state index in [-0.39, 0.29) is 12.5 Å². The van der Waals surface area contributed by atoms with Crippen molar-refractivity contribution < 1.29 is 14.1 Å². The molecule has 20 heavy (non-hydrogen) atoms. The van der Waals surface area contributed by atoms with Crippen molar-refractivity contribution >= 4 is 29.0 Å². The van der Waals surface area contributed by atoms with Gasteiger partial charge in [-0.2, -0.15) is 0 Å². The molecule has 0 spiro atoms. The summed E-state index contributed by atoms with van der Waals surface area (Å²) in [7, 11) is 1.52. The SMILES string of the molecule is COc1ccc(Cl)cc1NC(=O)CNc1cc(C)on1. The second-order valence-electron chi connectivity index (χ2n) is 4.07. The number of carbonyl (C=O) groups is 1. The lowest BCUT2D eigenvalue weighted by atomic mass is 10.3. The fraction of sp³-hybridized carbons (Fsp3) is 0.231. The molecule has 1 aromatic heterocycles. The lowest BCUT2D eigenvalue weighted by Gasteiger charge is -2.10. The molecule has 0 aliphatic heterocycles. The number of anilines is 2. The van der Waals surface area contributed by atoms with Crippen molar-refractivity contribution in [3.05, 3.63) is 35.0 Å². The minimum absolute atomic E-state index is 0.0572. The fourth-order valence-corrected chi connectivity index (χ4v) is 1.76. The normalized spacial score (nSPS) is 10.2. The summed E-state index contributed by atoms with van der Waals surface area (Å²) in [6, 6.07) is 6.70. The summed E-state index contributed by atoms with van der Waals surface area (Å²) in [6.07, 6.45) is 0. The van der Waals surface area contributed by atoms with Gasteiger partial charge in [-0.25, -0.2) is 0 Å². The van der Waals surface area contributed by atoms with Crippen LogP contribution < -0.4 is 15.4 Å². The summed E-state index contributed by atoms with van der Waals surface area (Å²) in [5, 5.41) is 9.80. The standard InChI is InChI=1S/C13H14ClN3O3/c1-8-5-12(17-20-8)15-7-13(18)16-10-6-9(14)3-4-11(10)19-2/h3-6H,7H2,1-2H3,(H,15,17)(H,16,18). The molecule has 1 heterocycles. The van der Waals surface area contributed by atoms with Crippen LogP contribution in [0.15, 0.2) is 28.8 Å². The van der Waals surface area contributed by atoms with Gasteiger partial charge in [-0.1, -0.05) is 16.8 Å². The highest BCUT2D eigenvalue weighted by Gasteiger charge is 2.09. The maximum atomic E-state index is 11.8. The average molecular weight is 296 g/mol. The Morgan fingerprint density at radius 3 is 2.90 bits per heavy atom. The second-order valence-corrected chi connectivity index (χ2v) is 4.51. The van der Waals surface area contributed by atoms with Gasteiger partial charge in [-0.3, -0.25) is 4.79 Å². The quantitative estimate of drug-likeness (QED) is 0.887. The maximum absolute atomic E-state index is 11.8. The molecule has 0 unspecified atom stereocenters. The number of ether oxygens (including phenoxy) is 1. The number of benzene rings is 1. The molecule has 6 nitrogen and oxygen atoms in total. The van der Waals surface area contributed by atoms with Crippen LogP contribution in [0.2, 0.25) is 5.02 Å². The van der Waals surface area contributed by atoms with Crippen molar-refractivity contribution in [1.29, 1.82) is 0 Å². The lowest BCUT2D eigenvalue weighted by molar-refractivity contribution is -0.114. The van der Waals surface area contributed by atoms with Crippen LogP contribution in [0.25, 0.3) is 0 Å². The third-order valence-electron chi connectivity index (χ3n) is 2.49. The molecular weight excluding hydrogens is 282 g/mol. The van der Waals surface area contributed by atoms with Gasteiger partial charge in [-0.05, 0) is 25.1 Å². The highest BCUT2D eigenvalue weighted by Crippen LogP contribution is 2.27. The summed E-state index contributed by atoms with van der Waals surface area (Å²) < 4.78 is 10.0. The van der Waals surface area contributed by atoms with E-state index >= 15 is 0 Å². The Labute approximate surface area is 121 Å². The number of aromatic nitrogens is 1. The molecule has 106 valence electrons. The molecule has 2 N–H and O–H groups in total. The van der Waals surface area contributed by atoms with E-state index in [2.05, 4.69) is 15.8 Å². The monoisotopic (exact) mass is 295 g/mol. The number of rotatable bonds is 5. The first kappa shape index (κ1) is 14.2. The van der Waals surface area contributed by atoms with Crippen molar-refractivity contribution in [3.8, 4) is 5.75 Å². The highest BCUT2D eigenvalue weighted by molar-refractivity contribution is 6.31. The summed E-state index contributed by atoms with van der Waals surface area (Å²) >= 11 is 5.89. The van der Waals surface area contributed by atoms with Crippen LogP contribution in [0, 0.1) is 6.92 Å². The van der Waals surface area contributed by atoms with Gasteiger partial charge in [0.25, 0.3) is 0 Å². The van der Waals surface area contributed by atoms with Gasteiger partial charge >= 0.3 is 0 Å². The van der Waals surface area contributed by atoms with Crippen LogP contribution in [0.1, 0.15) is 5.76 Å². The summed E-state index contributed by atoms with van der Waals surface area (Å²) in [6.45, 7) is 1.83. The Morgan fingerprint density at radius 2 is 2.25 bits per heavy atom. The molecule has 2 rings (SSSR count). The molecule has 1 amide bonds. The molecule has 0 atom stereocenters. The van der Waals surface area contributed by atoms with E-state index in [1.165, 1.54) is 7.11 Å². The topological polar surface area (TPSA) is 76.4 Å². The zero-order valence-electron chi connectivity index (χ0n) is 11.1. The number of amides is 1. The largest absolute Gasteiger partial charge is 0.495 e. The van der Waals surface area contributed by atoms with Gasteiger partial charge in [0.15, 0.2) is 5.82 Å². The van der Waals surface area contributed by atoms with Crippen LogP contribution in [-0.4, -0.2) is 24.7 Å². The molecule has 0 aliphatic rings. The number of halogens is 1.